The number of piperidine rings is 1. The quantitative estimate of drug-likeness (QED) is 0.792. The number of aliphatic hydroxyl groups is 1. The van der Waals surface area contributed by atoms with Crippen LogP contribution in [-0.2, 0) is 9.47 Å². The number of carbonyl (C=O) groups excluding carboxylic acids is 1. The molecule has 128 valence electrons. The summed E-state index contributed by atoms with van der Waals surface area (Å²) in [6.45, 7) is 6.42. The Labute approximate surface area is 134 Å². The minimum Gasteiger partial charge on any atom is -0.444 e. The molecule has 22 heavy (non-hydrogen) atoms. The maximum atomic E-state index is 12.4. The van der Waals surface area contributed by atoms with Crippen LogP contribution in [0.15, 0.2) is 0 Å². The molecule has 2 fully saturated rings. The van der Waals surface area contributed by atoms with Crippen LogP contribution in [0.1, 0.15) is 65.7 Å². The third-order valence-corrected chi connectivity index (χ3v) is 4.70. The highest BCUT2D eigenvalue weighted by atomic mass is 16.6. The molecule has 0 saturated carbocycles. The van der Waals surface area contributed by atoms with Gasteiger partial charge in [0, 0.05) is 25.8 Å². The van der Waals surface area contributed by atoms with Gasteiger partial charge in [-0.15, -0.1) is 0 Å². The number of unbranched alkanes of at least 4 members (excludes halogenated alkanes) is 1. The molecule has 2 atom stereocenters. The minimum absolute atomic E-state index is 0.126. The third kappa shape index (κ3) is 4.35. The Morgan fingerprint density at radius 1 is 1.23 bits per heavy atom. The molecule has 2 aliphatic rings. The lowest BCUT2D eigenvalue weighted by atomic mass is 9.82. The van der Waals surface area contributed by atoms with Crippen molar-refractivity contribution in [3.05, 3.63) is 0 Å². The fourth-order valence-corrected chi connectivity index (χ4v) is 3.84. The predicted octanol–water partition coefficient (Wildman–Crippen LogP) is 3.10. The summed E-state index contributed by atoms with van der Waals surface area (Å²) in [7, 11) is 1.70. The SMILES string of the molecule is COCCCCC1(O)CC2CCC(C1)N2C(=O)OC(C)(C)C. The summed E-state index contributed by atoms with van der Waals surface area (Å²) in [6, 6.07) is 0.252. The van der Waals surface area contributed by atoms with Crippen LogP contribution in [0.4, 0.5) is 4.79 Å². The van der Waals surface area contributed by atoms with Crippen LogP contribution < -0.4 is 0 Å². The van der Waals surface area contributed by atoms with Crippen LogP contribution in [-0.4, -0.2) is 53.1 Å². The minimum atomic E-state index is -0.627. The lowest BCUT2D eigenvalue weighted by molar-refractivity contribution is -0.0639. The number of ether oxygens (including phenoxy) is 2. The molecule has 5 nitrogen and oxygen atoms in total. The summed E-state index contributed by atoms with van der Waals surface area (Å²) in [5.74, 6) is 0. The fraction of sp³-hybridized carbons (Fsp3) is 0.941. The van der Waals surface area contributed by atoms with Crippen LogP contribution in [0.3, 0.4) is 0 Å². The molecule has 5 heteroatoms. The Hall–Kier alpha value is -0.810. The number of hydrogen-bond acceptors (Lipinski definition) is 4. The van der Waals surface area contributed by atoms with E-state index in [4.69, 9.17) is 9.47 Å². The van der Waals surface area contributed by atoms with Crippen LogP contribution in [0.2, 0.25) is 0 Å². The molecule has 2 saturated heterocycles. The van der Waals surface area contributed by atoms with Gasteiger partial charge in [-0.2, -0.15) is 0 Å². The second-order valence-electron chi connectivity index (χ2n) is 7.86. The zero-order valence-electron chi connectivity index (χ0n) is 14.4. The van der Waals surface area contributed by atoms with E-state index >= 15 is 0 Å². The second-order valence-corrected chi connectivity index (χ2v) is 7.86. The summed E-state index contributed by atoms with van der Waals surface area (Å²) in [5, 5.41) is 10.9. The topological polar surface area (TPSA) is 59.0 Å². The maximum Gasteiger partial charge on any atom is 0.410 e. The first-order valence-electron chi connectivity index (χ1n) is 8.47. The van der Waals surface area contributed by atoms with Crippen LogP contribution >= 0.6 is 0 Å². The average Bonchev–Trinajstić information content (AvgIpc) is 2.67. The van der Waals surface area contributed by atoms with Gasteiger partial charge in [0.05, 0.1) is 5.60 Å². The molecule has 1 amide bonds. The van der Waals surface area contributed by atoms with Crippen LogP contribution in [0, 0.1) is 0 Å². The monoisotopic (exact) mass is 313 g/mol. The molecule has 0 aromatic carbocycles. The van der Waals surface area contributed by atoms with E-state index in [9.17, 15) is 9.90 Å². The molecule has 0 radical (unpaired) electrons. The number of amides is 1. The lowest BCUT2D eigenvalue weighted by Gasteiger charge is -2.44. The van der Waals surface area contributed by atoms with Gasteiger partial charge in [0.2, 0.25) is 0 Å². The third-order valence-electron chi connectivity index (χ3n) is 4.70. The lowest BCUT2D eigenvalue weighted by Crippen LogP contribution is -2.54. The molecule has 1 N–H and O–H groups in total. The molecule has 0 aromatic rings. The molecule has 0 aliphatic carbocycles. The van der Waals surface area contributed by atoms with Crippen molar-refractivity contribution in [1.82, 2.24) is 4.90 Å². The first-order chi connectivity index (χ1) is 10.2. The summed E-state index contributed by atoms with van der Waals surface area (Å²) in [5.41, 5.74) is -1.09. The fourth-order valence-electron chi connectivity index (χ4n) is 3.84. The summed E-state index contributed by atoms with van der Waals surface area (Å²) in [6.07, 6.45) is 5.83. The highest BCUT2D eigenvalue weighted by Crippen LogP contribution is 2.43. The summed E-state index contributed by atoms with van der Waals surface area (Å²) in [4.78, 5) is 14.3. The van der Waals surface area contributed by atoms with Gasteiger partial charge >= 0.3 is 6.09 Å². The van der Waals surface area contributed by atoms with E-state index in [1.807, 2.05) is 25.7 Å². The average molecular weight is 313 g/mol. The Bertz CT molecular complexity index is 377. The second kappa shape index (κ2) is 6.75. The number of hydrogen-bond donors (Lipinski definition) is 1. The van der Waals surface area contributed by atoms with Crippen molar-refractivity contribution in [2.45, 2.75) is 89.0 Å². The molecule has 2 aliphatic heterocycles. The van der Waals surface area contributed by atoms with Crippen molar-refractivity contribution >= 4 is 6.09 Å². The van der Waals surface area contributed by atoms with Crippen molar-refractivity contribution in [3.8, 4) is 0 Å². The van der Waals surface area contributed by atoms with Crippen molar-refractivity contribution < 1.29 is 19.4 Å². The van der Waals surface area contributed by atoms with Gasteiger partial charge in [0.1, 0.15) is 5.60 Å². The van der Waals surface area contributed by atoms with Crippen molar-refractivity contribution in [3.63, 3.8) is 0 Å². The Kier molecular flexibility index (Phi) is 5.38. The number of carbonyl (C=O) groups is 1. The molecule has 2 bridgehead atoms. The zero-order chi connectivity index (χ0) is 16.4. The molecule has 0 aromatic heterocycles. The standard InChI is InChI=1S/C17H31NO4/c1-16(2,3)22-15(19)18-13-7-8-14(18)12-17(20,11-13)9-5-6-10-21-4/h13-14,20H,5-12H2,1-4H3. The van der Waals surface area contributed by atoms with Gasteiger partial charge in [0.25, 0.3) is 0 Å². The predicted molar refractivity (Wildman–Crippen MR) is 84.8 cm³/mol. The Morgan fingerprint density at radius 3 is 2.32 bits per heavy atom. The normalized spacial score (nSPS) is 31.4. The highest BCUT2D eigenvalue weighted by Gasteiger charge is 2.49. The van der Waals surface area contributed by atoms with Gasteiger partial charge in [-0.25, -0.2) is 4.79 Å². The van der Waals surface area contributed by atoms with Gasteiger partial charge in [-0.1, -0.05) is 0 Å². The number of rotatable bonds is 5. The Morgan fingerprint density at radius 2 is 1.82 bits per heavy atom. The van der Waals surface area contributed by atoms with Gasteiger partial charge < -0.3 is 19.5 Å². The van der Waals surface area contributed by atoms with E-state index in [2.05, 4.69) is 0 Å². The summed E-state index contributed by atoms with van der Waals surface area (Å²) < 4.78 is 10.6. The van der Waals surface area contributed by atoms with Crippen molar-refractivity contribution in [1.29, 1.82) is 0 Å². The van der Waals surface area contributed by atoms with E-state index < -0.39 is 11.2 Å². The van der Waals surface area contributed by atoms with Crippen molar-refractivity contribution in [2.24, 2.45) is 0 Å². The van der Waals surface area contributed by atoms with Crippen molar-refractivity contribution in [2.75, 3.05) is 13.7 Å². The van der Waals surface area contributed by atoms with E-state index in [1.54, 1.807) is 7.11 Å². The zero-order valence-corrected chi connectivity index (χ0v) is 14.4. The van der Waals surface area contributed by atoms with E-state index in [0.29, 0.717) is 12.8 Å². The molecule has 0 spiro atoms. The van der Waals surface area contributed by atoms with E-state index in [-0.39, 0.29) is 18.2 Å². The molecular formula is C17H31NO4. The molecule has 2 heterocycles. The molecule has 2 rings (SSSR count). The van der Waals surface area contributed by atoms with E-state index in [0.717, 1.165) is 38.7 Å². The summed E-state index contributed by atoms with van der Waals surface area (Å²) >= 11 is 0. The number of fused-ring (bicyclic) bond motifs is 2. The van der Waals surface area contributed by atoms with Gasteiger partial charge in [-0.05, 0) is 65.7 Å². The first-order valence-corrected chi connectivity index (χ1v) is 8.47. The number of nitrogens with zero attached hydrogens (tertiary/aromatic N) is 1. The molecular weight excluding hydrogens is 282 g/mol. The largest absolute Gasteiger partial charge is 0.444 e. The first kappa shape index (κ1) is 17.5. The van der Waals surface area contributed by atoms with Gasteiger partial charge in [-0.3, -0.25) is 0 Å². The number of methoxy groups -OCH3 is 1. The molecule has 2 unspecified atom stereocenters. The maximum absolute atomic E-state index is 12.4. The van der Waals surface area contributed by atoms with Crippen LogP contribution in [0.5, 0.6) is 0 Å². The van der Waals surface area contributed by atoms with E-state index in [1.165, 1.54) is 0 Å². The Balaban J connectivity index is 1.92. The smallest absolute Gasteiger partial charge is 0.410 e. The van der Waals surface area contributed by atoms with Gasteiger partial charge in [0.15, 0.2) is 0 Å². The van der Waals surface area contributed by atoms with Crippen LogP contribution in [0.25, 0.3) is 0 Å². The highest BCUT2D eigenvalue weighted by molar-refractivity contribution is 5.69.